The molecule has 0 saturated heterocycles. The lowest BCUT2D eigenvalue weighted by Crippen LogP contribution is -2.42. The fraction of sp³-hybridized carbons (Fsp3) is 0.786. The van der Waals surface area contributed by atoms with Crippen molar-refractivity contribution in [2.75, 3.05) is 13.1 Å². The number of carbonyl (C=O) groups excluding carboxylic acids is 1. The van der Waals surface area contributed by atoms with Gasteiger partial charge in [-0.15, -0.1) is 0 Å². The maximum atomic E-state index is 11.9. The number of rotatable bonds is 5. The van der Waals surface area contributed by atoms with Gasteiger partial charge in [0.2, 0.25) is 5.91 Å². The van der Waals surface area contributed by atoms with Crippen LogP contribution in [0.1, 0.15) is 44.9 Å². The predicted molar refractivity (Wildman–Crippen MR) is 69.4 cm³/mol. The number of hydrogen-bond donors (Lipinski definition) is 2. The van der Waals surface area contributed by atoms with E-state index in [4.69, 9.17) is 5.73 Å². The van der Waals surface area contributed by atoms with Crippen molar-refractivity contribution in [2.24, 2.45) is 17.1 Å². The Balaban J connectivity index is 1.68. The number of allylic oxidation sites excluding steroid dienone is 2. The van der Waals surface area contributed by atoms with Crippen molar-refractivity contribution in [1.29, 1.82) is 0 Å². The van der Waals surface area contributed by atoms with Crippen molar-refractivity contribution < 1.29 is 4.79 Å². The predicted octanol–water partition coefficient (Wildman–Crippen LogP) is 1.98. The van der Waals surface area contributed by atoms with E-state index >= 15 is 0 Å². The van der Waals surface area contributed by atoms with Crippen molar-refractivity contribution in [3.05, 3.63) is 12.2 Å². The van der Waals surface area contributed by atoms with Gasteiger partial charge >= 0.3 is 0 Å². The summed E-state index contributed by atoms with van der Waals surface area (Å²) in [5.41, 5.74) is 5.90. The lowest BCUT2D eigenvalue weighted by atomic mass is 9.66. The third kappa shape index (κ3) is 3.32. The topological polar surface area (TPSA) is 55.1 Å². The van der Waals surface area contributed by atoms with Gasteiger partial charge in [0.25, 0.3) is 0 Å². The number of nitrogens with two attached hydrogens (primary N) is 1. The Labute approximate surface area is 104 Å². The van der Waals surface area contributed by atoms with Crippen LogP contribution in [-0.2, 0) is 4.79 Å². The molecule has 2 aliphatic rings. The van der Waals surface area contributed by atoms with E-state index in [-0.39, 0.29) is 11.3 Å². The molecule has 1 amide bonds. The largest absolute Gasteiger partial charge is 0.356 e. The first-order valence-corrected chi connectivity index (χ1v) is 6.86. The molecule has 3 nitrogen and oxygen atoms in total. The van der Waals surface area contributed by atoms with Crippen LogP contribution < -0.4 is 11.1 Å². The van der Waals surface area contributed by atoms with E-state index in [1.54, 1.807) is 0 Å². The second-order valence-electron chi connectivity index (χ2n) is 5.69. The molecule has 0 heterocycles. The monoisotopic (exact) mass is 236 g/mol. The van der Waals surface area contributed by atoms with Gasteiger partial charge in [-0.25, -0.2) is 0 Å². The van der Waals surface area contributed by atoms with Crippen molar-refractivity contribution >= 4 is 5.91 Å². The molecule has 3 N–H and O–H groups in total. The first-order valence-electron chi connectivity index (χ1n) is 6.86. The summed E-state index contributed by atoms with van der Waals surface area (Å²) < 4.78 is 0. The molecule has 0 radical (unpaired) electrons. The minimum absolute atomic E-state index is 0.135. The third-order valence-electron chi connectivity index (χ3n) is 4.35. The smallest absolute Gasteiger partial charge is 0.220 e. The zero-order valence-corrected chi connectivity index (χ0v) is 10.6. The Morgan fingerprint density at radius 3 is 2.76 bits per heavy atom. The Kier molecular flexibility index (Phi) is 4.21. The average Bonchev–Trinajstić information content (AvgIpc) is 2.33. The Bertz CT molecular complexity index is 289. The SMILES string of the molecule is NCC1(CC(=O)NCC2CC=CCC2)CCC1. The van der Waals surface area contributed by atoms with Crippen LogP contribution in [0.25, 0.3) is 0 Å². The molecule has 17 heavy (non-hydrogen) atoms. The zero-order chi connectivity index (χ0) is 12.1. The van der Waals surface area contributed by atoms with Gasteiger partial charge in [0.1, 0.15) is 0 Å². The molecule has 0 aliphatic heterocycles. The molecule has 1 unspecified atom stereocenters. The molecule has 2 aliphatic carbocycles. The van der Waals surface area contributed by atoms with Crippen molar-refractivity contribution in [2.45, 2.75) is 44.9 Å². The summed E-state index contributed by atoms with van der Waals surface area (Å²) in [4.78, 5) is 11.9. The third-order valence-corrected chi connectivity index (χ3v) is 4.35. The van der Waals surface area contributed by atoms with Crippen molar-refractivity contribution in [1.82, 2.24) is 5.32 Å². The molecule has 1 atom stereocenters. The molecule has 3 heteroatoms. The van der Waals surface area contributed by atoms with Gasteiger partial charge in [-0.3, -0.25) is 4.79 Å². The van der Waals surface area contributed by atoms with E-state index in [1.165, 1.54) is 12.8 Å². The molecule has 0 bridgehead atoms. The Morgan fingerprint density at radius 2 is 2.24 bits per heavy atom. The van der Waals surface area contributed by atoms with Crippen LogP contribution in [0.3, 0.4) is 0 Å². The van der Waals surface area contributed by atoms with E-state index in [1.807, 2.05) is 0 Å². The van der Waals surface area contributed by atoms with E-state index in [0.29, 0.717) is 18.9 Å². The maximum Gasteiger partial charge on any atom is 0.220 e. The number of amides is 1. The molecule has 2 rings (SSSR count). The second kappa shape index (κ2) is 5.67. The standard InChI is InChI=1S/C14H24N2O/c15-11-14(7-4-8-14)9-13(17)16-10-12-5-2-1-3-6-12/h1-2,12H,3-11,15H2,(H,16,17). The minimum atomic E-state index is 0.135. The van der Waals surface area contributed by atoms with Crippen LogP contribution in [0.15, 0.2) is 12.2 Å². The molecule has 0 aromatic heterocycles. The van der Waals surface area contributed by atoms with Gasteiger partial charge in [0.05, 0.1) is 0 Å². The average molecular weight is 236 g/mol. The highest BCUT2D eigenvalue weighted by Crippen LogP contribution is 2.42. The molecule has 1 fully saturated rings. The zero-order valence-electron chi connectivity index (χ0n) is 10.6. The number of carbonyl (C=O) groups is 1. The molecule has 0 aromatic carbocycles. The molecule has 0 aromatic rings. The number of nitrogens with one attached hydrogen (secondary N) is 1. The van der Waals surface area contributed by atoms with Crippen LogP contribution in [0.5, 0.6) is 0 Å². The number of hydrogen-bond acceptors (Lipinski definition) is 2. The van der Waals surface area contributed by atoms with Gasteiger partial charge in [-0.2, -0.15) is 0 Å². The van der Waals surface area contributed by atoms with Gasteiger partial charge in [0.15, 0.2) is 0 Å². The quantitative estimate of drug-likeness (QED) is 0.717. The highest BCUT2D eigenvalue weighted by atomic mass is 16.1. The lowest BCUT2D eigenvalue weighted by Gasteiger charge is -2.40. The van der Waals surface area contributed by atoms with E-state index < -0.39 is 0 Å². The highest BCUT2D eigenvalue weighted by molar-refractivity contribution is 5.76. The van der Waals surface area contributed by atoms with E-state index in [0.717, 1.165) is 32.2 Å². The van der Waals surface area contributed by atoms with Gasteiger partial charge in [0, 0.05) is 13.0 Å². The van der Waals surface area contributed by atoms with Crippen LogP contribution in [0, 0.1) is 11.3 Å². The molecular weight excluding hydrogens is 212 g/mol. The molecular formula is C14H24N2O. The minimum Gasteiger partial charge on any atom is -0.356 e. The molecule has 1 saturated carbocycles. The second-order valence-corrected chi connectivity index (χ2v) is 5.69. The van der Waals surface area contributed by atoms with Gasteiger partial charge < -0.3 is 11.1 Å². The van der Waals surface area contributed by atoms with Crippen LogP contribution in [0.4, 0.5) is 0 Å². The molecule has 96 valence electrons. The summed E-state index contributed by atoms with van der Waals surface area (Å²) in [6.45, 7) is 1.50. The van der Waals surface area contributed by atoms with E-state index in [2.05, 4.69) is 17.5 Å². The van der Waals surface area contributed by atoms with Crippen LogP contribution in [-0.4, -0.2) is 19.0 Å². The van der Waals surface area contributed by atoms with Gasteiger partial charge in [-0.05, 0) is 50.0 Å². The van der Waals surface area contributed by atoms with Gasteiger partial charge in [-0.1, -0.05) is 18.6 Å². The summed E-state index contributed by atoms with van der Waals surface area (Å²) >= 11 is 0. The summed E-state index contributed by atoms with van der Waals surface area (Å²) in [6.07, 6.45) is 12.1. The van der Waals surface area contributed by atoms with E-state index in [9.17, 15) is 4.79 Å². The van der Waals surface area contributed by atoms with Crippen molar-refractivity contribution in [3.8, 4) is 0 Å². The first-order chi connectivity index (χ1) is 8.24. The first kappa shape index (κ1) is 12.6. The highest BCUT2D eigenvalue weighted by Gasteiger charge is 2.37. The normalized spacial score (nSPS) is 26.3. The Morgan fingerprint density at radius 1 is 1.41 bits per heavy atom. The summed E-state index contributed by atoms with van der Waals surface area (Å²) in [5, 5.41) is 3.08. The fourth-order valence-electron chi connectivity index (χ4n) is 2.83. The van der Waals surface area contributed by atoms with Crippen molar-refractivity contribution in [3.63, 3.8) is 0 Å². The fourth-order valence-corrected chi connectivity index (χ4v) is 2.83. The summed E-state index contributed by atoms with van der Waals surface area (Å²) in [7, 11) is 0. The van der Waals surface area contributed by atoms with Crippen LogP contribution >= 0.6 is 0 Å². The van der Waals surface area contributed by atoms with Crippen LogP contribution in [0.2, 0.25) is 0 Å². The lowest BCUT2D eigenvalue weighted by molar-refractivity contribution is -0.124. The maximum absolute atomic E-state index is 11.9. The summed E-state index contributed by atoms with van der Waals surface area (Å²) in [5.74, 6) is 0.837. The molecule has 0 spiro atoms. The summed E-state index contributed by atoms with van der Waals surface area (Å²) in [6, 6.07) is 0. The Hall–Kier alpha value is -0.830.